The molecule has 6 heteroatoms. The monoisotopic (exact) mass is 342 g/mol. The maximum atomic E-state index is 13.4. The number of aromatic nitrogens is 1. The Hall–Kier alpha value is -2.89. The van der Waals surface area contributed by atoms with E-state index in [1.165, 1.54) is 6.07 Å². The molecule has 0 spiro atoms. The van der Waals surface area contributed by atoms with Gasteiger partial charge in [0.25, 0.3) is 5.91 Å². The third-order valence-electron chi connectivity index (χ3n) is 4.64. The van der Waals surface area contributed by atoms with Gasteiger partial charge in [0.1, 0.15) is 5.75 Å². The third-order valence-corrected chi connectivity index (χ3v) is 4.64. The van der Waals surface area contributed by atoms with Crippen molar-refractivity contribution in [2.24, 2.45) is 0 Å². The molecule has 1 N–H and O–H groups in total. The normalized spacial score (nSPS) is 13.8. The quantitative estimate of drug-likeness (QED) is 0.773. The van der Waals surface area contributed by atoms with Crippen LogP contribution in [0.2, 0.25) is 0 Å². The maximum Gasteiger partial charge on any atom is 0.254 e. The first-order chi connectivity index (χ1) is 12.1. The summed E-state index contributed by atoms with van der Waals surface area (Å²) in [5.74, 6) is -1.53. The van der Waals surface area contributed by atoms with Gasteiger partial charge in [-0.3, -0.25) is 4.79 Å². The number of carbonyl (C=O) groups is 1. The topological polar surface area (TPSA) is 45.3 Å². The molecule has 1 aliphatic heterocycles. The number of fused-ring (bicyclic) bond motifs is 3. The Kier molecular flexibility index (Phi) is 3.67. The maximum absolute atomic E-state index is 13.4. The molecule has 0 unspecified atom stereocenters. The molecule has 0 bridgehead atoms. The molecule has 1 amide bonds. The Bertz CT molecular complexity index is 981. The summed E-state index contributed by atoms with van der Waals surface area (Å²) in [4.78, 5) is 17.7. The van der Waals surface area contributed by atoms with Crippen molar-refractivity contribution in [3.63, 3.8) is 0 Å². The highest BCUT2D eigenvalue weighted by Crippen LogP contribution is 2.31. The summed E-state index contributed by atoms with van der Waals surface area (Å²) in [6, 6.07) is 9.02. The fourth-order valence-corrected chi connectivity index (χ4v) is 3.31. The van der Waals surface area contributed by atoms with E-state index in [0.717, 1.165) is 40.0 Å². The molecule has 3 aromatic rings. The van der Waals surface area contributed by atoms with Crippen LogP contribution < -0.4 is 4.74 Å². The van der Waals surface area contributed by atoms with Crippen LogP contribution in [0.5, 0.6) is 5.75 Å². The first-order valence-electron chi connectivity index (χ1n) is 7.98. The van der Waals surface area contributed by atoms with Crippen molar-refractivity contribution in [3.8, 4) is 5.75 Å². The van der Waals surface area contributed by atoms with E-state index in [-0.39, 0.29) is 11.5 Å². The summed E-state index contributed by atoms with van der Waals surface area (Å²) in [5.41, 5.74) is 3.28. The van der Waals surface area contributed by atoms with Crippen molar-refractivity contribution in [2.45, 2.75) is 13.0 Å². The Morgan fingerprint density at radius 1 is 1.16 bits per heavy atom. The van der Waals surface area contributed by atoms with E-state index >= 15 is 0 Å². The molecule has 4 rings (SSSR count). The standard InChI is InChI=1S/C19H16F2N2O2/c1-25-12-3-5-17-13(9-12)14-10-23(7-6-18(14)22-17)19(24)11-2-4-15(20)16(21)8-11/h2-5,8-9,22H,6-7,10H2,1H3. The number of nitrogens with zero attached hydrogens (tertiary/aromatic N) is 1. The van der Waals surface area contributed by atoms with Crippen molar-refractivity contribution in [1.29, 1.82) is 0 Å². The molecule has 2 aromatic carbocycles. The van der Waals surface area contributed by atoms with Gasteiger partial charge in [-0.15, -0.1) is 0 Å². The number of hydrogen-bond acceptors (Lipinski definition) is 2. The van der Waals surface area contributed by atoms with E-state index in [1.54, 1.807) is 12.0 Å². The number of nitrogens with one attached hydrogen (secondary N) is 1. The van der Waals surface area contributed by atoms with Gasteiger partial charge in [-0.25, -0.2) is 8.78 Å². The molecule has 1 aromatic heterocycles. The number of hydrogen-bond donors (Lipinski definition) is 1. The van der Waals surface area contributed by atoms with Gasteiger partial charge >= 0.3 is 0 Å². The zero-order valence-corrected chi connectivity index (χ0v) is 13.6. The third kappa shape index (κ3) is 2.63. The smallest absolute Gasteiger partial charge is 0.254 e. The lowest BCUT2D eigenvalue weighted by molar-refractivity contribution is 0.0734. The van der Waals surface area contributed by atoms with Crippen LogP contribution in [-0.2, 0) is 13.0 Å². The lowest BCUT2D eigenvalue weighted by Crippen LogP contribution is -2.35. The fourth-order valence-electron chi connectivity index (χ4n) is 3.31. The summed E-state index contributed by atoms with van der Waals surface area (Å²) >= 11 is 0. The fraction of sp³-hybridized carbons (Fsp3) is 0.211. The van der Waals surface area contributed by atoms with Crippen molar-refractivity contribution >= 4 is 16.8 Å². The zero-order valence-electron chi connectivity index (χ0n) is 13.6. The Balaban J connectivity index is 1.67. The van der Waals surface area contributed by atoms with Gasteiger partial charge in [-0.1, -0.05) is 0 Å². The van der Waals surface area contributed by atoms with Gasteiger partial charge in [0.2, 0.25) is 0 Å². The van der Waals surface area contributed by atoms with E-state index < -0.39 is 11.6 Å². The largest absolute Gasteiger partial charge is 0.497 e. The van der Waals surface area contributed by atoms with Gasteiger partial charge in [-0.05, 0) is 36.4 Å². The molecule has 0 saturated heterocycles. The van der Waals surface area contributed by atoms with Crippen molar-refractivity contribution in [2.75, 3.05) is 13.7 Å². The van der Waals surface area contributed by atoms with Crippen LogP contribution in [0.1, 0.15) is 21.6 Å². The predicted molar refractivity (Wildman–Crippen MR) is 89.7 cm³/mol. The van der Waals surface area contributed by atoms with Crippen LogP contribution in [0.25, 0.3) is 10.9 Å². The molecule has 0 saturated carbocycles. The van der Waals surface area contributed by atoms with E-state index in [0.29, 0.717) is 19.5 Å². The van der Waals surface area contributed by atoms with Gasteiger partial charge in [0.15, 0.2) is 11.6 Å². The van der Waals surface area contributed by atoms with Crippen LogP contribution in [-0.4, -0.2) is 29.4 Å². The number of aromatic amines is 1. The van der Waals surface area contributed by atoms with Crippen molar-refractivity contribution in [3.05, 3.63) is 64.9 Å². The predicted octanol–water partition coefficient (Wildman–Crippen LogP) is 3.65. The summed E-state index contributed by atoms with van der Waals surface area (Å²) in [7, 11) is 1.61. The minimum Gasteiger partial charge on any atom is -0.497 e. The average molecular weight is 342 g/mol. The average Bonchev–Trinajstić information content (AvgIpc) is 3.00. The molecule has 4 nitrogen and oxygen atoms in total. The molecule has 2 heterocycles. The number of ether oxygens (including phenoxy) is 1. The molecule has 0 fully saturated rings. The number of methoxy groups -OCH3 is 1. The summed E-state index contributed by atoms with van der Waals surface area (Å²) in [5, 5.41) is 1.01. The number of carbonyl (C=O) groups excluding carboxylic acids is 1. The Labute approximate surface area is 143 Å². The summed E-state index contributed by atoms with van der Waals surface area (Å²) in [6.07, 6.45) is 0.682. The summed E-state index contributed by atoms with van der Waals surface area (Å²) in [6.45, 7) is 0.940. The first-order valence-corrected chi connectivity index (χ1v) is 7.98. The van der Waals surface area contributed by atoms with Gasteiger partial charge in [-0.2, -0.15) is 0 Å². The number of benzene rings is 2. The van der Waals surface area contributed by atoms with Crippen molar-refractivity contribution in [1.82, 2.24) is 9.88 Å². The lowest BCUT2D eigenvalue weighted by atomic mass is 10.0. The minimum atomic E-state index is -1.01. The highest BCUT2D eigenvalue weighted by molar-refractivity contribution is 5.95. The van der Waals surface area contributed by atoms with E-state index in [9.17, 15) is 13.6 Å². The molecule has 0 atom stereocenters. The van der Waals surface area contributed by atoms with E-state index in [1.807, 2.05) is 18.2 Å². The molecule has 1 aliphatic rings. The van der Waals surface area contributed by atoms with Gasteiger partial charge in [0, 0.05) is 47.2 Å². The van der Waals surface area contributed by atoms with Crippen LogP contribution in [0.3, 0.4) is 0 Å². The second kappa shape index (κ2) is 5.88. The SMILES string of the molecule is COc1ccc2[nH]c3c(c2c1)CN(C(=O)c1ccc(F)c(F)c1)CC3. The van der Waals surface area contributed by atoms with E-state index in [2.05, 4.69) is 4.98 Å². The first kappa shape index (κ1) is 15.6. The van der Waals surface area contributed by atoms with Crippen LogP contribution in [0.15, 0.2) is 36.4 Å². The molecule has 128 valence electrons. The molecule has 0 aliphatic carbocycles. The minimum absolute atomic E-state index is 0.153. The Morgan fingerprint density at radius 2 is 2.00 bits per heavy atom. The van der Waals surface area contributed by atoms with Crippen molar-refractivity contribution < 1.29 is 18.3 Å². The molecular weight excluding hydrogens is 326 g/mol. The van der Waals surface area contributed by atoms with E-state index in [4.69, 9.17) is 4.74 Å². The van der Waals surface area contributed by atoms with Crippen LogP contribution in [0, 0.1) is 11.6 Å². The second-order valence-electron chi connectivity index (χ2n) is 6.10. The van der Waals surface area contributed by atoms with Gasteiger partial charge in [0.05, 0.1) is 7.11 Å². The lowest BCUT2D eigenvalue weighted by Gasteiger charge is -2.27. The number of amides is 1. The molecule has 0 radical (unpaired) electrons. The highest BCUT2D eigenvalue weighted by Gasteiger charge is 2.25. The second-order valence-corrected chi connectivity index (χ2v) is 6.10. The highest BCUT2D eigenvalue weighted by atomic mass is 19.2. The molecular formula is C19H16F2N2O2. The Morgan fingerprint density at radius 3 is 2.76 bits per heavy atom. The number of rotatable bonds is 2. The summed E-state index contributed by atoms with van der Waals surface area (Å²) < 4.78 is 31.8. The number of halogens is 2. The van der Waals surface area contributed by atoms with Crippen LogP contribution >= 0.6 is 0 Å². The molecule has 25 heavy (non-hydrogen) atoms. The van der Waals surface area contributed by atoms with Crippen LogP contribution in [0.4, 0.5) is 8.78 Å². The van der Waals surface area contributed by atoms with Gasteiger partial charge < -0.3 is 14.6 Å². The number of H-pyrrole nitrogens is 1. The zero-order chi connectivity index (χ0) is 17.6.